The maximum absolute atomic E-state index is 12.0. The molecule has 4 aliphatic heterocycles. The van der Waals surface area contributed by atoms with Crippen LogP contribution >= 0.6 is 0 Å². The van der Waals surface area contributed by atoms with Crippen molar-refractivity contribution >= 4 is 41.6 Å². The fourth-order valence-corrected chi connectivity index (χ4v) is 8.90. The Kier molecular flexibility index (Phi) is 17.2. The zero-order chi connectivity index (χ0) is 45.4. The third-order valence-electron chi connectivity index (χ3n) is 9.32. The second kappa shape index (κ2) is 20.0. The summed E-state index contributed by atoms with van der Waals surface area (Å²) in [7, 11) is -21.4. The molecule has 0 aromatic rings. The minimum Gasteiger partial charge on any atom is -0.387 e. The quantitative estimate of drug-likeness (QED) is 0.0617. The van der Waals surface area contributed by atoms with Crippen molar-refractivity contribution in [2.24, 2.45) is 0 Å². The van der Waals surface area contributed by atoms with Crippen molar-refractivity contribution < 1.29 is 132 Å². The average molecular weight is 965 g/mol. The first-order valence-electron chi connectivity index (χ1n) is 17.6. The molecule has 0 aromatic heterocycles. The topological polar surface area (TPSA) is 429 Å². The van der Waals surface area contributed by atoms with Gasteiger partial charge >= 0.3 is 41.6 Å². The molecule has 0 bridgehead atoms. The predicted octanol–water partition coefficient (Wildman–Crippen LogP) is -4.90. The summed E-state index contributed by atoms with van der Waals surface area (Å²) in [4.78, 5) is 0. The third-order valence-corrected chi connectivity index (χ3v) is 11.2. The summed E-state index contributed by atoms with van der Waals surface area (Å²) in [5, 5.41) is 55.6. The smallest absolute Gasteiger partial charge is 0.387 e. The van der Waals surface area contributed by atoms with Gasteiger partial charge in [-0.2, -0.15) is 33.7 Å². The van der Waals surface area contributed by atoms with Crippen LogP contribution in [0.25, 0.3) is 0 Å². The lowest BCUT2D eigenvalue weighted by atomic mass is 9.96. The lowest BCUT2D eigenvalue weighted by Gasteiger charge is -2.49. The Bertz CT molecular complexity index is 1870. The minimum atomic E-state index is -5.45. The Morgan fingerprint density at radius 1 is 0.400 bits per heavy atom. The number of hydrogen-bond donors (Lipinski definition) is 9. The molecule has 354 valence electrons. The first-order valence-corrected chi connectivity index (χ1v) is 23.1. The molecule has 0 saturated carbocycles. The van der Waals surface area contributed by atoms with E-state index in [0.717, 1.165) is 20.8 Å². The van der Waals surface area contributed by atoms with Gasteiger partial charge in [0.25, 0.3) is 0 Å². The van der Waals surface area contributed by atoms with E-state index in [-0.39, 0.29) is 6.61 Å². The summed E-state index contributed by atoms with van der Waals surface area (Å²) in [6.07, 6.45) is -39.4. The molecule has 29 nitrogen and oxygen atoms in total. The number of hydrogen-bond acceptors (Lipinski definition) is 25. The van der Waals surface area contributed by atoms with Crippen molar-refractivity contribution in [1.82, 2.24) is 0 Å². The highest BCUT2D eigenvalue weighted by Crippen LogP contribution is 2.37. The molecule has 60 heavy (non-hydrogen) atoms. The van der Waals surface area contributed by atoms with Gasteiger partial charge in [0.15, 0.2) is 25.2 Å². The Hall–Kier alpha value is -1.04. The van der Waals surface area contributed by atoms with Gasteiger partial charge in [0, 0.05) is 6.61 Å². The van der Waals surface area contributed by atoms with Crippen molar-refractivity contribution in [3.8, 4) is 0 Å². The molecule has 4 aliphatic rings. The van der Waals surface area contributed by atoms with E-state index < -0.39 is 164 Å². The van der Waals surface area contributed by atoms with Gasteiger partial charge in [0.2, 0.25) is 0 Å². The van der Waals surface area contributed by atoms with E-state index in [1.807, 2.05) is 0 Å². The van der Waals surface area contributed by atoms with Crippen LogP contribution in [0.2, 0.25) is 0 Å². The molecule has 0 unspecified atom stereocenters. The van der Waals surface area contributed by atoms with Crippen molar-refractivity contribution in [2.45, 2.75) is 164 Å². The summed E-state index contributed by atoms with van der Waals surface area (Å²) < 4.78 is 194. The van der Waals surface area contributed by atoms with Gasteiger partial charge in [-0.25, -0.2) is 16.7 Å². The van der Waals surface area contributed by atoms with E-state index in [0.29, 0.717) is 6.42 Å². The van der Waals surface area contributed by atoms with Gasteiger partial charge in [0.05, 0.1) is 24.4 Å². The Balaban J connectivity index is 1.68. The fourth-order valence-electron chi connectivity index (χ4n) is 6.70. The molecule has 0 aliphatic carbocycles. The number of aliphatic hydroxyl groups is 5. The predicted molar refractivity (Wildman–Crippen MR) is 184 cm³/mol. The summed E-state index contributed by atoms with van der Waals surface area (Å²) in [5.74, 6) is 0. The van der Waals surface area contributed by atoms with Crippen LogP contribution in [0.5, 0.6) is 0 Å². The van der Waals surface area contributed by atoms with Crippen LogP contribution < -0.4 is 0 Å². The molecule has 0 spiro atoms. The van der Waals surface area contributed by atoms with E-state index in [2.05, 4.69) is 12.5 Å². The largest absolute Gasteiger partial charge is 0.397 e. The highest BCUT2D eigenvalue weighted by atomic mass is 32.3. The lowest BCUT2D eigenvalue weighted by molar-refractivity contribution is -0.381. The van der Waals surface area contributed by atoms with E-state index in [4.69, 9.17) is 46.6 Å². The highest BCUT2D eigenvalue weighted by molar-refractivity contribution is 7.81. The lowest BCUT2D eigenvalue weighted by Crippen LogP contribution is -2.67. The molecule has 0 amide bonds. The maximum Gasteiger partial charge on any atom is 0.397 e. The Morgan fingerprint density at radius 3 is 0.983 bits per heavy atom. The van der Waals surface area contributed by atoms with Gasteiger partial charge in [0.1, 0.15) is 73.2 Å². The van der Waals surface area contributed by atoms with Crippen LogP contribution in [0.1, 0.15) is 41.0 Å². The zero-order valence-corrected chi connectivity index (χ0v) is 35.1. The molecule has 4 fully saturated rings. The second-order valence-corrected chi connectivity index (χ2v) is 18.1. The monoisotopic (exact) mass is 964 g/mol. The molecule has 4 saturated heterocycles. The van der Waals surface area contributed by atoms with Gasteiger partial charge in [-0.1, -0.05) is 6.92 Å². The highest BCUT2D eigenvalue weighted by Gasteiger charge is 2.57. The second-order valence-electron chi connectivity index (χ2n) is 13.9. The standard InChI is InChI=1S/C27H48O29S4/c1-6-7-45-24-14(30)21(18(9(3)46-24)54-58(36,37)38)51-26-16(32)23(20(11(5)48-26)56-60(42,43)44)52-27-15(31)22(19(10(4)49-27)55-59(39,40)41)50-25-13(29)12(28)17(8(2)47-25)53-57(33,34)35/h8-32H,6-7H2,1-5H3,(H,33,34,35)(H,36,37,38)(H,39,40,41)(H,42,43,44)/t8-,9-,10-,11-,12-,13-,14-,15-,16-,17+,18+,19+,20+,21-,22-,23-,24+,25-,26-,27-/m0/s1. The summed E-state index contributed by atoms with van der Waals surface area (Å²) in [6.45, 7) is 6.19. The van der Waals surface area contributed by atoms with Gasteiger partial charge in [-0.05, 0) is 34.1 Å². The molecule has 33 heteroatoms. The molecular weight excluding hydrogens is 917 g/mol. The number of rotatable bonds is 17. The zero-order valence-electron chi connectivity index (χ0n) is 31.8. The molecular formula is C27H48O29S4. The molecule has 0 radical (unpaired) electrons. The van der Waals surface area contributed by atoms with Crippen LogP contribution in [0, 0.1) is 0 Å². The molecule has 0 aromatic carbocycles. The van der Waals surface area contributed by atoms with Crippen molar-refractivity contribution in [3.63, 3.8) is 0 Å². The first-order chi connectivity index (χ1) is 27.4. The van der Waals surface area contributed by atoms with E-state index in [9.17, 15) is 72.9 Å². The van der Waals surface area contributed by atoms with Crippen LogP contribution in [0.15, 0.2) is 0 Å². The summed E-state index contributed by atoms with van der Waals surface area (Å²) in [6, 6.07) is 0. The fraction of sp³-hybridized carbons (Fsp3) is 1.00. The molecule has 9 N–H and O–H groups in total. The summed E-state index contributed by atoms with van der Waals surface area (Å²) in [5.41, 5.74) is 0. The van der Waals surface area contributed by atoms with E-state index >= 15 is 0 Å². The Labute approximate surface area is 343 Å². The summed E-state index contributed by atoms with van der Waals surface area (Å²) >= 11 is 0. The maximum atomic E-state index is 12.0. The normalized spacial score (nSPS) is 43.8. The van der Waals surface area contributed by atoms with Crippen LogP contribution in [-0.4, -0.2) is 207 Å². The molecule has 4 rings (SSSR count). The number of ether oxygens (including phenoxy) is 8. The average Bonchev–Trinajstić information content (AvgIpc) is 3.09. The first kappa shape index (κ1) is 51.6. The SMILES string of the molecule is CCCO[C@@H]1O[C@@H](C)[C@@H](OS(=O)(=O)O)[C@@H](O[C@@H]2O[C@@H](C)[C@@H](OS(=O)(=O)O)[C@@H](O[C@@H]3O[C@@H](C)[C@@H](OS(=O)(=O)O)[C@@H](O[C@@H]4O[C@@H](C)[C@@H](OS(=O)(=O)O)[C@@H](O)[C@@H]4O)[C@@H]3O)[C@@H]2O)[C@@H]1O. The van der Waals surface area contributed by atoms with Crippen molar-refractivity contribution in [2.75, 3.05) is 6.61 Å². The number of aliphatic hydroxyl groups excluding tert-OH is 5. The van der Waals surface area contributed by atoms with Gasteiger partial charge < -0.3 is 63.4 Å². The van der Waals surface area contributed by atoms with Crippen LogP contribution in [-0.2, 0) is 96.2 Å². The molecule has 20 atom stereocenters. The third kappa shape index (κ3) is 13.5. The van der Waals surface area contributed by atoms with Gasteiger partial charge in [-0.3, -0.25) is 18.2 Å². The minimum absolute atomic E-state index is 0.00648. The molecule has 4 heterocycles. The van der Waals surface area contributed by atoms with E-state index in [1.54, 1.807) is 6.92 Å². The Morgan fingerprint density at radius 2 is 0.667 bits per heavy atom. The van der Waals surface area contributed by atoms with Crippen molar-refractivity contribution in [3.05, 3.63) is 0 Å². The van der Waals surface area contributed by atoms with Crippen molar-refractivity contribution in [1.29, 1.82) is 0 Å². The van der Waals surface area contributed by atoms with Crippen LogP contribution in [0.4, 0.5) is 0 Å². The van der Waals surface area contributed by atoms with Crippen LogP contribution in [0.3, 0.4) is 0 Å². The van der Waals surface area contributed by atoms with E-state index in [1.165, 1.54) is 6.92 Å². The van der Waals surface area contributed by atoms with Gasteiger partial charge in [-0.15, -0.1) is 0 Å².